The Morgan fingerprint density at radius 1 is 1.24 bits per heavy atom. The molecule has 0 spiro atoms. The second kappa shape index (κ2) is 5.41. The van der Waals surface area contributed by atoms with Gasteiger partial charge < -0.3 is 9.64 Å². The standard InChI is InChI=1S/C17H16ClNO2/c1-11-7-14(18)8-13-10-19(17(20)16(11)13)9-12-3-5-15(21-2)6-4-12/h3-8H,9-10H2,1-2H3. The first kappa shape index (κ1) is 14.0. The number of nitrogens with zero attached hydrogens (tertiary/aromatic N) is 1. The van der Waals surface area contributed by atoms with Crippen LogP contribution in [-0.4, -0.2) is 17.9 Å². The van der Waals surface area contributed by atoms with Gasteiger partial charge in [-0.05, 0) is 47.9 Å². The van der Waals surface area contributed by atoms with Crippen molar-refractivity contribution in [2.24, 2.45) is 0 Å². The Balaban J connectivity index is 1.82. The maximum atomic E-state index is 12.5. The molecule has 0 aliphatic carbocycles. The van der Waals surface area contributed by atoms with Gasteiger partial charge in [-0.1, -0.05) is 23.7 Å². The van der Waals surface area contributed by atoms with E-state index in [1.165, 1.54) is 0 Å². The van der Waals surface area contributed by atoms with Crippen LogP contribution >= 0.6 is 11.6 Å². The van der Waals surface area contributed by atoms with Crippen molar-refractivity contribution < 1.29 is 9.53 Å². The molecular weight excluding hydrogens is 286 g/mol. The minimum absolute atomic E-state index is 0.0787. The predicted octanol–water partition coefficient (Wildman–Crippen LogP) is 3.81. The highest BCUT2D eigenvalue weighted by atomic mass is 35.5. The molecule has 1 aliphatic heterocycles. The van der Waals surface area contributed by atoms with E-state index < -0.39 is 0 Å². The summed E-state index contributed by atoms with van der Waals surface area (Å²) in [7, 11) is 1.64. The molecule has 1 heterocycles. The number of benzene rings is 2. The van der Waals surface area contributed by atoms with Gasteiger partial charge in [-0.2, -0.15) is 0 Å². The van der Waals surface area contributed by atoms with Crippen LogP contribution in [-0.2, 0) is 13.1 Å². The van der Waals surface area contributed by atoms with Crippen LogP contribution in [0.4, 0.5) is 0 Å². The van der Waals surface area contributed by atoms with Crippen molar-refractivity contribution in [2.75, 3.05) is 7.11 Å². The molecule has 1 amide bonds. The molecule has 0 unspecified atom stereocenters. The van der Waals surface area contributed by atoms with Crippen molar-refractivity contribution in [2.45, 2.75) is 20.0 Å². The fourth-order valence-electron chi connectivity index (χ4n) is 2.76. The average molecular weight is 302 g/mol. The highest BCUT2D eigenvalue weighted by Gasteiger charge is 2.29. The van der Waals surface area contributed by atoms with Gasteiger partial charge in [0.2, 0.25) is 0 Å². The average Bonchev–Trinajstić information content (AvgIpc) is 2.76. The molecule has 108 valence electrons. The van der Waals surface area contributed by atoms with Gasteiger partial charge in [0, 0.05) is 23.7 Å². The van der Waals surface area contributed by atoms with E-state index >= 15 is 0 Å². The van der Waals surface area contributed by atoms with E-state index in [1.807, 2.05) is 48.2 Å². The van der Waals surface area contributed by atoms with Gasteiger partial charge in [-0.3, -0.25) is 4.79 Å². The van der Waals surface area contributed by atoms with Gasteiger partial charge >= 0.3 is 0 Å². The number of methoxy groups -OCH3 is 1. The topological polar surface area (TPSA) is 29.5 Å². The lowest BCUT2D eigenvalue weighted by molar-refractivity contribution is 0.0766. The van der Waals surface area contributed by atoms with E-state index in [4.69, 9.17) is 16.3 Å². The second-order valence-corrected chi connectivity index (χ2v) is 5.70. The second-order valence-electron chi connectivity index (χ2n) is 5.27. The molecule has 0 radical (unpaired) electrons. The zero-order valence-corrected chi connectivity index (χ0v) is 12.8. The number of amides is 1. The monoisotopic (exact) mass is 301 g/mol. The summed E-state index contributed by atoms with van der Waals surface area (Å²) < 4.78 is 5.14. The van der Waals surface area contributed by atoms with Crippen molar-refractivity contribution in [1.82, 2.24) is 4.90 Å². The number of hydrogen-bond acceptors (Lipinski definition) is 2. The predicted molar refractivity (Wildman–Crippen MR) is 82.8 cm³/mol. The van der Waals surface area contributed by atoms with Gasteiger partial charge in [0.15, 0.2) is 0 Å². The minimum Gasteiger partial charge on any atom is -0.497 e. The number of fused-ring (bicyclic) bond motifs is 1. The number of ether oxygens (including phenoxy) is 1. The molecule has 0 saturated carbocycles. The zero-order chi connectivity index (χ0) is 15.0. The smallest absolute Gasteiger partial charge is 0.255 e. The highest BCUT2D eigenvalue weighted by molar-refractivity contribution is 6.31. The maximum absolute atomic E-state index is 12.5. The summed E-state index contributed by atoms with van der Waals surface area (Å²) in [6.45, 7) is 3.13. The summed E-state index contributed by atoms with van der Waals surface area (Å²) in [6.07, 6.45) is 0. The fraction of sp³-hybridized carbons (Fsp3) is 0.235. The van der Waals surface area contributed by atoms with Crippen LogP contribution in [0.2, 0.25) is 5.02 Å². The number of aryl methyl sites for hydroxylation is 1. The summed E-state index contributed by atoms with van der Waals surface area (Å²) in [4.78, 5) is 14.4. The van der Waals surface area contributed by atoms with Gasteiger partial charge in [-0.15, -0.1) is 0 Å². The first-order valence-electron chi connectivity index (χ1n) is 6.79. The number of carbonyl (C=O) groups excluding carboxylic acids is 1. The molecule has 2 aromatic rings. The quantitative estimate of drug-likeness (QED) is 0.862. The van der Waals surface area contributed by atoms with Crippen molar-refractivity contribution in [3.63, 3.8) is 0 Å². The Kier molecular flexibility index (Phi) is 3.60. The molecule has 0 bridgehead atoms. The van der Waals surface area contributed by atoms with Gasteiger partial charge in [-0.25, -0.2) is 0 Å². The SMILES string of the molecule is COc1ccc(CN2Cc3cc(Cl)cc(C)c3C2=O)cc1. The lowest BCUT2D eigenvalue weighted by Gasteiger charge is -2.16. The number of carbonyl (C=O) groups is 1. The Bertz CT molecular complexity index is 695. The largest absolute Gasteiger partial charge is 0.497 e. The van der Waals surface area contributed by atoms with Crippen molar-refractivity contribution in [3.8, 4) is 5.75 Å². The molecule has 0 N–H and O–H groups in total. The van der Waals surface area contributed by atoms with Crippen LogP contribution in [0.25, 0.3) is 0 Å². The molecule has 0 saturated heterocycles. The van der Waals surface area contributed by atoms with Crippen LogP contribution in [0, 0.1) is 6.92 Å². The Labute approximate surface area is 129 Å². The molecule has 0 aromatic heterocycles. The van der Waals surface area contributed by atoms with E-state index in [-0.39, 0.29) is 5.91 Å². The van der Waals surface area contributed by atoms with E-state index in [9.17, 15) is 4.79 Å². The van der Waals surface area contributed by atoms with Crippen LogP contribution in [0.5, 0.6) is 5.75 Å². The van der Waals surface area contributed by atoms with E-state index in [1.54, 1.807) is 7.11 Å². The third-order valence-corrected chi connectivity index (χ3v) is 3.99. The molecule has 0 atom stereocenters. The lowest BCUT2D eigenvalue weighted by Crippen LogP contribution is -2.23. The molecule has 3 rings (SSSR count). The Morgan fingerprint density at radius 3 is 2.62 bits per heavy atom. The molecule has 4 heteroatoms. The van der Waals surface area contributed by atoms with E-state index in [2.05, 4.69) is 0 Å². The summed E-state index contributed by atoms with van der Waals surface area (Å²) in [5.41, 5.74) is 3.84. The lowest BCUT2D eigenvalue weighted by atomic mass is 10.0. The molecule has 3 nitrogen and oxygen atoms in total. The summed E-state index contributed by atoms with van der Waals surface area (Å²) >= 11 is 6.07. The fourth-order valence-corrected chi connectivity index (χ4v) is 3.05. The molecule has 21 heavy (non-hydrogen) atoms. The van der Waals surface area contributed by atoms with Crippen LogP contribution in [0.1, 0.15) is 27.0 Å². The highest BCUT2D eigenvalue weighted by Crippen LogP contribution is 2.30. The minimum atomic E-state index is 0.0787. The maximum Gasteiger partial charge on any atom is 0.255 e. The molecule has 1 aliphatic rings. The molecule has 2 aromatic carbocycles. The first-order chi connectivity index (χ1) is 10.1. The number of rotatable bonds is 3. The van der Waals surface area contributed by atoms with E-state index in [0.29, 0.717) is 18.1 Å². The van der Waals surface area contributed by atoms with Gasteiger partial charge in [0.05, 0.1) is 7.11 Å². The number of halogens is 1. The van der Waals surface area contributed by atoms with Gasteiger partial charge in [0.25, 0.3) is 5.91 Å². The third-order valence-electron chi connectivity index (χ3n) is 3.78. The Hall–Kier alpha value is -2.00. The zero-order valence-electron chi connectivity index (χ0n) is 12.0. The summed E-state index contributed by atoms with van der Waals surface area (Å²) in [5, 5.41) is 0.686. The van der Waals surface area contributed by atoms with Crippen LogP contribution in [0.15, 0.2) is 36.4 Å². The van der Waals surface area contributed by atoms with Gasteiger partial charge in [0.1, 0.15) is 5.75 Å². The van der Waals surface area contributed by atoms with E-state index in [0.717, 1.165) is 28.0 Å². The van der Waals surface area contributed by atoms with Crippen molar-refractivity contribution in [1.29, 1.82) is 0 Å². The first-order valence-corrected chi connectivity index (χ1v) is 7.17. The van der Waals surface area contributed by atoms with Crippen LogP contribution in [0.3, 0.4) is 0 Å². The molecule has 0 fully saturated rings. The molecular formula is C17H16ClNO2. The third kappa shape index (κ3) is 2.61. The Morgan fingerprint density at radius 2 is 1.95 bits per heavy atom. The number of hydrogen-bond donors (Lipinski definition) is 0. The summed E-state index contributed by atoms with van der Waals surface area (Å²) in [5.74, 6) is 0.896. The summed E-state index contributed by atoms with van der Waals surface area (Å²) in [6, 6.07) is 11.5. The van der Waals surface area contributed by atoms with Crippen LogP contribution < -0.4 is 4.74 Å². The van der Waals surface area contributed by atoms with Crippen molar-refractivity contribution in [3.05, 3.63) is 63.7 Å². The van der Waals surface area contributed by atoms with Crippen molar-refractivity contribution >= 4 is 17.5 Å². The normalized spacial score (nSPS) is 13.5.